The largest absolute Gasteiger partial charge is 0.468 e. The van der Waals surface area contributed by atoms with Crippen LogP contribution in [0.3, 0.4) is 0 Å². The Hall–Kier alpha value is -2.61. The Bertz CT molecular complexity index is 678. The Labute approximate surface area is 136 Å². The number of aromatic nitrogens is 1. The van der Waals surface area contributed by atoms with Crippen LogP contribution in [0.2, 0.25) is 0 Å². The van der Waals surface area contributed by atoms with Gasteiger partial charge in [-0.2, -0.15) is 13.2 Å². The molecule has 0 bridgehead atoms. The lowest BCUT2D eigenvalue weighted by Gasteiger charge is -2.12. The molecule has 0 saturated carbocycles. The van der Waals surface area contributed by atoms with Gasteiger partial charge in [0.05, 0.1) is 0 Å². The summed E-state index contributed by atoms with van der Waals surface area (Å²) < 4.78 is 40.9. The van der Waals surface area contributed by atoms with Gasteiger partial charge in [0, 0.05) is 18.8 Å². The summed E-state index contributed by atoms with van der Waals surface area (Å²) in [5.74, 6) is -0.807. The number of hydrogen-bond donors (Lipinski definition) is 2. The van der Waals surface area contributed by atoms with Gasteiger partial charge in [-0.25, -0.2) is 4.98 Å². The smallest absolute Gasteiger partial charge is 0.422 e. The van der Waals surface area contributed by atoms with E-state index in [-0.39, 0.29) is 12.4 Å². The van der Waals surface area contributed by atoms with Gasteiger partial charge in [-0.15, -0.1) is 0 Å². The molecule has 24 heavy (non-hydrogen) atoms. The van der Waals surface area contributed by atoms with E-state index in [1.165, 1.54) is 18.3 Å². The number of pyridine rings is 1. The molecule has 1 unspecified atom stereocenters. The first-order valence-corrected chi connectivity index (χ1v) is 7.00. The fourth-order valence-corrected chi connectivity index (χ4v) is 1.87. The second kappa shape index (κ2) is 7.78. The molecule has 0 radical (unpaired) electrons. The zero-order chi connectivity index (χ0) is 17.6. The third-order valence-electron chi connectivity index (χ3n) is 3.01. The van der Waals surface area contributed by atoms with E-state index in [0.717, 1.165) is 0 Å². The van der Waals surface area contributed by atoms with E-state index < -0.39 is 24.8 Å². The normalized spacial score (nSPS) is 12.5. The molecule has 0 aliphatic carbocycles. The minimum Gasteiger partial charge on any atom is -0.468 e. The number of halogens is 3. The van der Waals surface area contributed by atoms with Crippen molar-refractivity contribution in [1.29, 1.82) is 0 Å². The summed E-state index contributed by atoms with van der Waals surface area (Å²) in [7, 11) is 0. The highest BCUT2D eigenvalue weighted by Gasteiger charge is 2.28. The average Bonchev–Trinajstić information content (AvgIpc) is 2.58. The molecule has 2 rings (SSSR count). The number of alkyl halides is 3. The molecule has 128 valence electrons. The SMILES string of the molecule is O=C(NCc1ccnc(OCC(F)(F)F)c1)C(O)c1ccccc1. The Kier molecular flexibility index (Phi) is 5.75. The lowest BCUT2D eigenvalue weighted by atomic mass is 10.1. The number of benzene rings is 1. The van der Waals surface area contributed by atoms with Crippen molar-refractivity contribution in [3.63, 3.8) is 0 Å². The maximum atomic E-state index is 12.1. The van der Waals surface area contributed by atoms with E-state index in [0.29, 0.717) is 11.1 Å². The molecule has 0 spiro atoms. The van der Waals surface area contributed by atoms with Crippen LogP contribution in [0.15, 0.2) is 48.7 Å². The molecular weight excluding hydrogens is 325 g/mol. The number of aliphatic hydroxyl groups is 1. The van der Waals surface area contributed by atoms with Crippen LogP contribution in [-0.2, 0) is 11.3 Å². The molecule has 1 aromatic heterocycles. The highest BCUT2D eigenvalue weighted by atomic mass is 19.4. The summed E-state index contributed by atoms with van der Waals surface area (Å²) in [6, 6.07) is 11.2. The predicted octanol–water partition coefficient (Wildman–Crippen LogP) is 2.37. The van der Waals surface area contributed by atoms with Gasteiger partial charge < -0.3 is 15.2 Å². The van der Waals surface area contributed by atoms with Gasteiger partial charge in [0.25, 0.3) is 5.91 Å². The summed E-state index contributed by atoms with van der Waals surface area (Å²) in [6.07, 6.45) is -4.50. The quantitative estimate of drug-likeness (QED) is 0.847. The summed E-state index contributed by atoms with van der Waals surface area (Å²) in [6.45, 7) is -1.42. The van der Waals surface area contributed by atoms with Crippen molar-refractivity contribution in [3.8, 4) is 5.88 Å². The summed E-state index contributed by atoms with van der Waals surface area (Å²) in [4.78, 5) is 15.6. The molecular formula is C16H15F3N2O3. The molecule has 2 aromatic rings. The van der Waals surface area contributed by atoms with Crippen molar-refractivity contribution in [2.45, 2.75) is 18.8 Å². The van der Waals surface area contributed by atoms with Crippen LogP contribution in [0.4, 0.5) is 13.2 Å². The maximum absolute atomic E-state index is 12.1. The fraction of sp³-hybridized carbons (Fsp3) is 0.250. The van der Waals surface area contributed by atoms with Gasteiger partial charge in [-0.3, -0.25) is 4.79 Å². The highest BCUT2D eigenvalue weighted by Crippen LogP contribution is 2.18. The number of carbonyl (C=O) groups excluding carboxylic acids is 1. The zero-order valence-electron chi connectivity index (χ0n) is 12.5. The van der Waals surface area contributed by atoms with Gasteiger partial charge in [0.15, 0.2) is 12.7 Å². The van der Waals surface area contributed by atoms with Crippen LogP contribution < -0.4 is 10.1 Å². The van der Waals surface area contributed by atoms with E-state index in [1.54, 1.807) is 30.3 Å². The lowest BCUT2D eigenvalue weighted by molar-refractivity contribution is -0.154. The molecule has 1 heterocycles. The van der Waals surface area contributed by atoms with Gasteiger partial charge >= 0.3 is 6.18 Å². The minimum absolute atomic E-state index is 0.0215. The Morgan fingerprint density at radius 1 is 1.25 bits per heavy atom. The predicted molar refractivity (Wildman–Crippen MR) is 79.0 cm³/mol. The summed E-state index contributed by atoms with van der Waals surface area (Å²) in [5.41, 5.74) is 0.940. The van der Waals surface area contributed by atoms with E-state index in [2.05, 4.69) is 15.0 Å². The fourth-order valence-electron chi connectivity index (χ4n) is 1.87. The minimum atomic E-state index is -4.45. The summed E-state index contributed by atoms with van der Waals surface area (Å²) in [5, 5.41) is 12.4. The molecule has 0 aliphatic rings. The average molecular weight is 340 g/mol. The molecule has 2 N–H and O–H groups in total. The molecule has 8 heteroatoms. The van der Waals surface area contributed by atoms with Crippen LogP contribution in [0.1, 0.15) is 17.2 Å². The van der Waals surface area contributed by atoms with Crippen LogP contribution in [0, 0.1) is 0 Å². The molecule has 1 atom stereocenters. The third-order valence-corrected chi connectivity index (χ3v) is 3.01. The first kappa shape index (κ1) is 17.7. The van der Waals surface area contributed by atoms with Crippen molar-refractivity contribution in [1.82, 2.24) is 10.3 Å². The van der Waals surface area contributed by atoms with Crippen LogP contribution in [-0.4, -0.2) is 28.8 Å². The Balaban J connectivity index is 1.91. The molecule has 0 fully saturated rings. The topological polar surface area (TPSA) is 71.5 Å². The molecule has 1 amide bonds. The lowest BCUT2D eigenvalue weighted by Crippen LogP contribution is -2.28. The van der Waals surface area contributed by atoms with Gasteiger partial charge in [-0.1, -0.05) is 30.3 Å². The van der Waals surface area contributed by atoms with Crippen molar-refractivity contribution < 1.29 is 27.8 Å². The second-order valence-electron chi connectivity index (χ2n) is 4.94. The second-order valence-corrected chi connectivity index (χ2v) is 4.94. The molecule has 0 aliphatic heterocycles. The summed E-state index contributed by atoms with van der Waals surface area (Å²) >= 11 is 0. The van der Waals surface area contributed by atoms with E-state index in [9.17, 15) is 23.1 Å². The van der Waals surface area contributed by atoms with Crippen molar-refractivity contribution in [3.05, 3.63) is 59.8 Å². The number of carbonyl (C=O) groups is 1. The maximum Gasteiger partial charge on any atom is 0.422 e. The van der Waals surface area contributed by atoms with Gasteiger partial charge in [-0.05, 0) is 17.2 Å². The molecule has 0 saturated heterocycles. The van der Waals surface area contributed by atoms with Gasteiger partial charge in [0.1, 0.15) is 0 Å². The third kappa shape index (κ3) is 5.54. The number of amides is 1. The number of nitrogens with zero attached hydrogens (tertiary/aromatic N) is 1. The van der Waals surface area contributed by atoms with Crippen LogP contribution in [0.25, 0.3) is 0 Å². The van der Waals surface area contributed by atoms with E-state index >= 15 is 0 Å². The number of nitrogens with one attached hydrogen (secondary N) is 1. The number of ether oxygens (including phenoxy) is 1. The van der Waals surface area contributed by atoms with Crippen molar-refractivity contribution in [2.75, 3.05) is 6.61 Å². The first-order chi connectivity index (χ1) is 11.3. The van der Waals surface area contributed by atoms with Gasteiger partial charge in [0.2, 0.25) is 5.88 Å². The van der Waals surface area contributed by atoms with Crippen molar-refractivity contribution >= 4 is 5.91 Å². The highest BCUT2D eigenvalue weighted by molar-refractivity contribution is 5.81. The van der Waals surface area contributed by atoms with Crippen LogP contribution in [0.5, 0.6) is 5.88 Å². The number of aliphatic hydroxyl groups excluding tert-OH is 1. The van der Waals surface area contributed by atoms with Crippen molar-refractivity contribution in [2.24, 2.45) is 0 Å². The molecule has 1 aromatic carbocycles. The first-order valence-electron chi connectivity index (χ1n) is 7.00. The van der Waals surface area contributed by atoms with E-state index in [1.807, 2.05) is 0 Å². The Morgan fingerprint density at radius 2 is 1.96 bits per heavy atom. The number of rotatable bonds is 6. The standard InChI is InChI=1S/C16H15F3N2O3/c17-16(18,19)10-24-13-8-11(6-7-20-13)9-21-15(23)14(22)12-4-2-1-3-5-12/h1-8,14,22H,9-10H2,(H,21,23). The van der Waals surface area contributed by atoms with Crippen LogP contribution >= 0.6 is 0 Å². The number of hydrogen-bond acceptors (Lipinski definition) is 4. The monoisotopic (exact) mass is 340 g/mol. The molecule has 5 nitrogen and oxygen atoms in total. The zero-order valence-corrected chi connectivity index (χ0v) is 12.5. The Morgan fingerprint density at radius 3 is 2.62 bits per heavy atom. The van der Waals surface area contributed by atoms with E-state index in [4.69, 9.17) is 0 Å².